The summed E-state index contributed by atoms with van der Waals surface area (Å²) in [5.74, 6) is 1.34. The fourth-order valence-corrected chi connectivity index (χ4v) is 4.74. The Bertz CT molecular complexity index is 759. The molecular formula is C19H28N2O5S. The smallest absolute Gasteiger partial charge is 0.243 e. The van der Waals surface area contributed by atoms with Gasteiger partial charge in [0.25, 0.3) is 0 Å². The molecule has 0 aromatic heterocycles. The van der Waals surface area contributed by atoms with Crippen LogP contribution in [0.2, 0.25) is 0 Å². The minimum atomic E-state index is -3.78. The number of sulfonamides is 1. The Balaban J connectivity index is 1.52. The molecule has 1 aliphatic heterocycles. The number of nitrogens with one attached hydrogen (secondary N) is 1. The summed E-state index contributed by atoms with van der Waals surface area (Å²) in [5.41, 5.74) is 0. The van der Waals surface area contributed by atoms with Crippen molar-refractivity contribution in [1.82, 2.24) is 9.62 Å². The molecule has 0 spiro atoms. The van der Waals surface area contributed by atoms with Crippen LogP contribution in [0.15, 0.2) is 23.1 Å². The Labute approximate surface area is 161 Å². The highest BCUT2D eigenvalue weighted by molar-refractivity contribution is 7.89. The molecule has 2 aliphatic rings. The highest BCUT2D eigenvalue weighted by atomic mass is 32.2. The first-order valence-corrected chi connectivity index (χ1v) is 11.0. The van der Waals surface area contributed by atoms with Gasteiger partial charge in [-0.25, -0.2) is 8.42 Å². The predicted molar refractivity (Wildman–Crippen MR) is 101 cm³/mol. The third-order valence-corrected chi connectivity index (χ3v) is 6.99. The van der Waals surface area contributed by atoms with Crippen LogP contribution in [-0.4, -0.2) is 52.0 Å². The molecule has 0 bridgehead atoms. The van der Waals surface area contributed by atoms with E-state index in [9.17, 15) is 13.2 Å². The van der Waals surface area contributed by atoms with E-state index >= 15 is 0 Å². The van der Waals surface area contributed by atoms with Gasteiger partial charge >= 0.3 is 0 Å². The maximum atomic E-state index is 12.7. The standard InChI is InChI=1S/C19H28N2O5S/c1-21(14-19(22)20-10-9-15-5-3-2-4-6-15)27(23,24)16-7-8-17-18(13-16)26-12-11-25-17/h7-8,13,15H,2-6,9-12,14H2,1H3,(H,20,22). The number of hydrogen-bond donors (Lipinski definition) is 1. The average Bonchev–Trinajstić information content (AvgIpc) is 2.68. The first-order valence-electron chi connectivity index (χ1n) is 9.59. The summed E-state index contributed by atoms with van der Waals surface area (Å²) in [6.07, 6.45) is 7.28. The third kappa shape index (κ3) is 5.13. The minimum absolute atomic E-state index is 0.0873. The molecule has 1 saturated carbocycles. The summed E-state index contributed by atoms with van der Waals surface area (Å²) < 4.78 is 37.4. The lowest BCUT2D eigenvalue weighted by Gasteiger charge is -2.22. The Kier molecular flexibility index (Phi) is 6.59. The van der Waals surface area contributed by atoms with Crippen molar-refractivity contribution < 1.29 is 22.7 Å². The molecule has 1 N–H and O–H groups in total. The summed E-state index contributed by atoms with van der Waals surface area (Å²) in [6.45, 7) is 1.22. The van der Waals surface area contributed by atoms with E-state index in [0.29, 0.717) is 37.2 Å². The molecule has 150 valence electrons. The molecule has 1 fully saturated rings. The number of ether oxygens (including phenoxy) is 2. The van der Waals surface area contributed by atoms with Crippen molar-refractivity contribution in [2.45, 2.75) is 43.4 Å². The lowest BCUT2D eigenvalue weighted by Crippen LogP contribution is -2.39. The van der Waals surface area contributed by atoms with Gasteiger partial charge in [-0.1, -0.05) is 32.1 Å². The molecule has 0 saturated heterocycles. The largest absolute Gasteiger partial charge is 0.486 e. The molecule has 1 aromatic rings. The maximum absolute atomic E-state index is 12.7. The van der Waals surface area contributed by atoms with E-state index in [1.807, 2.05) is 0 Å². The van der Waals surface area contributed by atoms with Crippen LogP contribution in [0.5, 0.6) is 11.5 Å². The van der Waals surface area contributed by atoms with E-state index in [1.54, 1.807) is 6.07 Å². The van der Waals surface area contributed by atoms with Crippen LogP contribution in [0, 0.1) is 5.92 Å². The van der Waals surface area contributed by atoms with Gasteiger partial charge in [-0.05, 0) is 24.5 Å². The van der Waals surface area contributed by atoms with Crippen molar-refractivity contribution in [1.29, 1.82) is 0 Å². The molecule has 8 heteroatoms. The van der Waals surface area contributed by atoms with Crippen LogP contribution in [0.4, 0.5) is 0 Å². The zero-order valence-corrected chi connectivity index (χ0v) is 16.6. The van der Waals surface area contributed by atoms with E-state index in [0.717, 1.165) is 10.7 Å². The lowest BCUT2D eigenvalue weighted by atomic mass is 9.87. The molecule has 1 heterocycles. The molecule has 7 nitrogen and oxygen atoms in total. The molecule has 0 unspecified atom stereocenters. The molecule has 0 radical (unpaired) electrons. The van der Waals surface area contributed by atoms with Crippen molar-refractivity contribution in [3.63, 3.8) is 0 Å². The van der Waals surface area contributed by atoms with Gasteiger partial charge in [0.15, 0.2) is 11.5 Å². The molecule has 3 rings (SSSR count). The number of benzene rings is 1. The zero-order valence-electron chi connectivity index (χ0n) is 15.8. The maximum Gasteiger partial charge on any atom is 0.243 e. The quantitative estimate of drug-likeness (QED) is 0.763. The molecule has 1 aromatic carbocycles. The fourth-order valence-electron chi connectivity index (χ4n) is 3.60. The summed E-state index contributed by atoms with van der Waals surface area (Å²) in [7, 11) is -2.37. The minimum Gasteiger partial charge on any atom is -0.486 e. The van der Waals surface area contributed by atoms with Crippen LogP contribution in [0.1, 0.15) is 38.5 Å². The van der Waals surface area contributed by atoms with Crippen molar-refractivity contribution in [2.24, 2.45) is 5.92 Å². The second kappa shape index (κ2) is 8.93. The molecule has 1 amide bonds. The summed E-state index contributed by atoms with van der Waals surface area (Å²) in [5, 5.41) is 2.84. The predicted octanol–water partition coefficient (Wildman–Crippen LogP) is 2.16. The Morgan fingerprint density at radius 1 is 1.15 bits per heavy atom. The number of rotatable bonds is 7. The average molecular weight is 397 g/mol. The van der Waals surface area contributed by atoms with Crippen molar-refractivity contribution in [3.05, 3.63) is 18.2 Å². The summed E-state index contributed by atoms with van der Waals surface area (Å²) >= 11 is 0. The Morgan fingerprint density at radius 2 is 1.85 bits per heavy atom. The summed E-state index contributed by atoms with van der Waals surface area (Å²) in [6, 6.07) is 4.50. The molecule has 27 heavy (non-hydrogen) atoms. The number of amides is 1. The van der Waals surface area contributed by atoms with Crippen LogP contribution in [0.3, 0.4) is 0 Å². The SMILES string of the molecule is CN(CC(=O)NCCC1CCCCC1)S(=O)(=O)c1ccc2c(c1)OCCO2. The van der Waals surface area contributed by atoms with E-state index in [1.165, 1.54) is 51.3 Å². The van der Waals surface area contributed by atoms with Gasteiger partial charge in [0.1, 0.15) is 13.2 Å². The van der Waals surface area contributed by atoms with Crippen LogP contribution in [-0.2, 0) is 14.8 Å². The van der Waals surface area contributed by atoms with Gasteiger partial charge < -0.3 is 14.8 Å². The lowest BCUT2D eigenvalue weighted by molar-refractivity contribution is -0.121. The summed E-state index contributed by atoms with van der Waals surface area (Å²) in [4.78, 5) is 12.2. The van der Waals surface area contributed by atoms with Crippen LogP contribution in [0.25, 0.3) is 0 Å². The van der Waals surface area contributed by atoms with Gasteiger partial charge in [0.2, 0.25) is 15.9 Å². The van der Waals surface area contributed by atoms with E-state index < -0.39 is 10.0 Å². The Morgan fingerprint density at radius 3 is 2.59 bits per heavy atom. The number of likely N-dealkylation sites (N-methyl/N-ethyl adjacent to an activating group) is 1. The Hall–Kier alpha value is -1.80. The number of fused-ring (bicyclic) bond motifs is 1. The first kappa shape index (κ1) is 19.9. The highest BCUT2D eigenvalue weighted by Crippen LogP contribution is 2.33. The van der Waals surface area contributed by atoms with Crippen LogP contribution < -0.4 is 14.8 Å². The van der Waals surface area contributed by atoms with Gasteiger partial charge in [-0.3, -0.25) is 4.79 Å². The molecule has 1 aliphatic carbocycles. The normalized spacial score (nSPS) is 17.7. The van der Waals surface area contributed by atoms with Gasteiger partial charge in [0, 0.05) is 19.7 Å². The third-order valence-electron chi connectivity index (χ3n) is 5.19. The fraction of sp³-hybridized carbons (Fsp3) is 0.632. The monoisotopic (exact) mass is 396 g/mol. The molecular weight excluding hydrogens is 368 g/mol. The van der Waals surface area contributed by atoms with E-state index in [4.69, 9.17) is 9.47 Å². The van der Waals surface area contributed by atoms with Gasteiger partial charge in [-0.2, -0.15) is 4.31 Å². The number of hydrogen-bond acceptors (Lipinski definition) is 5. The highest BCUT2D eigenvalue weighted by Gasteiger charge is 2.25. The van der Waals surface area contributed by atoms with Crippen molar-refractivity contribution in [3.8, 4) is 11.5 Å². The first-order chi connectivity index (χ1) is 13.0. The number of carbonyl (C=O) groups is 1. The topological polar surface area (TPSA) is 84.9 Å². The van der Waals surface area contributed by atoms with Crippen molar-refractivity contribution in [2.75, 3.05) is 33.4 Å². The van der Waals surface area contributed by atoms with E-state index in [2.05, 4.69) is 5.32 Å². The molecule has 0 atom stereocenters. The number of nitrogens with zero attached hydrogens (tertiary/aromatic N) is 1. The number of carbonyl (C=O) groups excluding carboxylic acids is 1. The zero-order chi connectivity index (χ0) is 19.3. The van der Waals surface area contributed by atoms with Crippen LogP contribution >= 0.6 is 0 Å². The second-order valence-electron chi connectivity index (χ2n) is 7.21. The van der Waals surface area contributed by atoms with Crippen molar-refractivity contribution >= 4 is 15.9 Å². The van der Waals surface area contributed by atoms with Gasteiger partial charge in [-0.15, -0.1) is 0 Å². The van der Waals surface area contributed by atoms with E-state index in [-0.39, 0.29) is 17.3 Å². The second-order valence-corrected chi connectivity index (χ2v) is 9.25. The van der Waals surface area contributed by atoms with Gasteiger partial charge in [0.05, 0.1) is 11.4 Å².